The van der Waals surface area contributed by atoms with Gasteiger partial charge in [-0.2, -0.15) is 0 Å². The van der Waals surface area contributed by atoms with Crippen molar-refractivity contribution in [3.8, 4) is 0 Å². The highest BCUT2D eigenvalue weighted by Crippen LogP contribution is 2.08. The predicted octanol–water partition coefficient (Wildman–Crippen LogP) is 2.12. The van der Waals surface area contributed by atoms with Crippen molar-refractivity contribution in [2.45, 2.75) is 32.9 Å². The smallest absolute Gasteiger partial charge is 0.252 e. The zero-order valence-electron chi connectivity index (χ0n) is 11.6. The minimum Gasteiger partial charge on any atom is -0.360 e. The molecular formula is C14H24N2O2. The summed E-state index contributed by atoms with van der Waals surface area (Å²) in [6, 6.07) is 5.18. The highest BCUT2D eigenvalue weighted by Gasteiger charge is 2.14. The summed E-state index contributed by atoms with van der Waals surface area (Å²) in [6.07, 6.45) is 3.80. The first-order chi connectivity index (χ1) is 8.72. The van der Waals surface area contributed by atoms with Gasteiger partial charge in [-0.15, -0.1) is 0 Å². The van der Waals surface area contributed by atoms with Crippen LogP contribution in [-0.2, 0) is 4.74 Å². The van der Waals surface area contributed by atoms with Crippen LogP contribution >= 0.6 is 0 Å². The second-order valence-corrected chi connectivity index (χ2v) is 4.44. The fourth-order valence-corrected chi connectivity index (χ4v) is 2.10. The Kier molecular flexibility index (Phi) is 6.68. The molecule has 0 fully saturated rings. The van der Waals surface area contributed by atoms with Crippen LogP contribution in [0.25, 0.3) is 0 Å². The van der Waals surface area contributed by atoms with E-state index in [1.807, 2.05) is 6.07 Å². The van der Waals surface area contributed by atoms with Crippen molar-refractivity contribution < 1.29 is 4.74 Å². The molecule has 4 heteroatoms. The molecule has 0 saturated heterocycles. The maximum atomic E-state index is 11.8. The van der Waals surface area contributed by atoms with Gasteiger partial charge in [0.1, 0.15) is 6.23 Å². The minimum absolute atomic E-state index is 0.0164. The minimum atomic E-state index is -0.211. The molecule has 0 aliphatic rings. The highest BCUT2D eigenvalue weighted by atomic mass is 16.5. The number of hydrogen-bond donors (Lipinski definition) is 0. The van der Waals surface area contributed by atoms with Gasteiger partial charge in [0.2, 0.25) is 0 Å². The Morgan fingerprint density at radius 1 is 1.28 bits per heavy atom. The zero-order valence-corrected chi connectivity index (χ0v) is 11.6. The lowest BCUT2D eigenvalue weighted by molar-refractivity contribution is 0.00981. The van der Waals surface area contributed by atoms with Crippen LogP contribution in [0.4, 0.5) is 0 Å². The number of hydrogen-bond acceptors (Lipinski definition) is 3. The molecule has 0 spiro atoms. The van der Waals surface area contributed by atoms with Crippen LogP contribution in [0.2, 0.25) is 0 Å². The SMILES string of the molecule is CCCN(CCC)CC(OC)n1ccccc1=O. The molecule has 0 aliphatic heterocycles. The lowest BCUT2D eigenvalue weighted by Gasteiger charge is -2.27. The Morgan fingerprint density at radius 2 is 1.94 bits per heavy atom. The molecule has 0 aliphatic carbocycles. The average molecular weight is 252 g/mol. The summed E-state index contributed by atoms with van der Waals surface area (Å²) >= 11 is 0. The molecule has 0 aromatic carbocycles. The van der Waals surface area contributed by atoms with E-state index in [1.165, 1.54) is 0 Å². The van der Waals surface area contributed by atoms with E-state index in [1.54, 1.807) is 30.0 Å². The Bertz CT molecular complexity index is 383. The van der Waals surface area contributed by atoms with E-state index in [4.69, 9.17) is 4.74 Å². The Balaban J connectivity index is 2.77. The van der Waals surface area contributed by atoms with Gasteiger partial charge < -0.3 is 4.74 Å². The monoisotopic (exact) mass is 252 g/mol. The average Bonchev–Trinajstić information content (AvgIpc) is 2.37. The van der Waals surface area contributed by atoms with Gasteiger partial charge in [-0.05, 0) is 32.0 Å². The van der Waals surface area contributed by atoms with Crippen molar-refractivity contribution in [1.29, 1.82) is 0 Å². The van der Waals surface area contributed by atoms with Gasteiger partial charge in [0.15, 0.2) is 0 Å². The normalized spacial score (nSPS) is 12.9. The maximum Gasteiger partial charge on any atom is 0.252 e. The summed E-state index contributed by atoms with van der Waals surface area (Å²) in [7, 11) is 1.65. The lowest BCUT2D eigenvalue weighted by Crippen LogP contribution is -2.36. The molecule has 1 rings (SSSR count). The summed E-state index contributed by atoms with van der Waals surface area (Å²) in [5.74, 6) is 0. The topological polar surface area (TPSA) is 34.5 Å². The molecule has 102 valence electrons. The molecule has 1 aromatic heterocycles. The van der Waals surface area contributed by atoms with Gasteiger partial charge in [-0.1, -0.05) is 19.9 Å². The molecule has 1 unspecified atom stereocenters. The first-order valence-electron chi connectivity index (χ1n) is 6.65. The summed E-state index contributed by atoms with van der Waals surface area (Å²) < 4.78 is 7.11. The molecule has 18 heavy (non-hydrogen) atoms. The molecule has 1 atom stereocenters. The lowest BCUT2D eigenvalue weighted by atomic mass is 10.3. The quantitative estimate of drug-likeness (QED) is 0.710. The fraction of sp³-hybridized carbons (Fsp3) is 0.643. The molecule has 0 bridgehead atoms. The number of pyridine rings is 1. The molecule has 1 heterocycles. The van der Waals surface area contributed by atoms with Crippen LogP contribution < -0.4 is 5.56 Å². The fourth-order valence-electron chi connectivity index (χ4n) is 2.10. The molecule has 1 aromatic rings. The molecule has 0 amide bonds. The van der Waals surface area contributed by atoms with E-state index >= 15 is 0 Å². The van der Waals surface area contributed by atoms with E-state index < -0.39 is 0 Å². The molecule has 0 N–H and O–H groups in total. The van der Waals surface area contributed by atoms with Crippen LogP contribution in [0.1, 0.15) is 32.9 Å². The van der Waals surface area contributed by atoms with Gasteiger partial charge >= 0.3 is 0 Å². The van der Waals surface area contributed by atoms with Gasteiger partial charge in [0.05, 0.1) is 0 Å². The van der Waals surface area contributed by atoms with Gasteiger partial charge in [-0.25, -0.2) is 0 Å². The van der Waals surface area contributed by atoms with E-state index in [9.17, 15) is 4.79 Å². The molecule has 0 saturated carbocycles. The standard InChI is InChI=1S/C14H24N2O2/c1-4-9-15(10-5-2)12-14(18-3)16-11-7-6-8-13(16)17/h6-8,11,14H,4-5,9-10,12H2,1-3H3. The predicted molar refractivity (Wildman–Crippen MR) is 73.8 cm³/mol. The van der Waals surface area contributed by atoms with Crippen molar-refractivity contribution >= 4 is 0 Å². The molecule has 0 radical (unpaired) electrons. The number of ether oxygens (including phenoxy) is 1. The molecular weight excluding hydrogens is 228 g/mol. The summed E-state index contributed by atoms with van der Waals surface area (Å²) in [6.45, 7) is 7.16. The highest BCUT2D eigenvalue weighted by molar-refractivity contribution is 4.94. The van der Waals surface area contributed by atoms with E-state index in [2.05, 4.69) is 18.7 Å². The van der Waals surface area contributed by atoms with Crippen molar-refractivity contribution in [1.82, 2.24) is 9.47 Å². The second-order valence-electron chi connectivity index (χ2n) is 4.44. The third-order valence-electron chi connectivity index (χ3n) is 2.93. The Hall–Kier alpha value is -1.13. The van der Waals surface area contributed by atoms with E-state index in [0.29, 0.717) is 0 Å². The first-order valence-corrected chi connectivity index (χ1v) is 6.65. The van der Waals surface area contributed by atoms with E-state index in [0.717, 1.165) is 32.5 Å². The number of nitrogens with zero attached hydrogens (tertiary/aromatic N) is 2. The van der Waals surface area contributed by atoms with Crippen molar-refractivity contribution in [2.75, 3.05) is 26.7 Å². The van der Waals surface area contributed by atoms with Crippen molar-refractivity contribution in [3.63, 3.8) is 0 Å². The van der Waals surface area contributed by atoms with Crippen LogP contribution in [0.3, 0.4) is 0 Å². The molecule has 4 nitrogen and oxygen atoms in total. The van der Waals surface area contributed by atoms with Gasteiger partial charge in [0, 0.05) is 25.9 Å². The first kappa shape index (κ1) is 14.9. The van der Waals surface area contributed by atoms with Crippen LogP contribution in [0.5, 0.6) is 0 Å². The summed E-state index contributed by atoms with van der Waals surface area (Å²) in [4.78, 5) is 14.1. The van der Waals surface area contributed by atoms with Crippen LogP contribution in [0, 0.1) is 0 Å². The second kappa shape index (κ2) is 8.06. The number of rotatable bonds is 8. The van der Waals surface area contributed by atoms with Crippen molar-refractivity contribution in [2.24, 2.45) is 0 Å². The Morgan fingerprint density at radius 3 is 2.44 bits per heavy atom. The zero-order chi connectivity index (χ0) is 13.4. The summed E-state index contributed by atoms with van der Waals surface area (Å²) in [5.41, 5.74) is -0.0164. The van der Waals surface area contributed by atoms with Crippen LogP contribution in [0.15, 0.2) is 29.2 Å². The van der Waals surface area contributed by atoms with Crippen LogP contribution in [-0.4, -0.2) is 36.2 Å². The number of methoxy groups -OCH3 is 1. The third-order valence-corrected chi connectivity index (χ3v) is 2.93. The Labute approximate surface area is 109 Å². The maximum absolute atomic E-state index is 11.8. The van der Waals surface area contributed by atoms with Crippen molar-refractivity contribution in [3.05, 3.63) is 34.7 Å². The van der Waals surface area contributed by atoms with Gasteiger partial charge in [-0.3, -0.25) is 14.3 Å². The summed E-state index contributed by atoms with van der Waals surface area (Å²) in [5, 5.41) is 0. The largest absolute Gasteiger partial charge is 0.360 e. The van der Waals surface area contributed by atoms with E-state index in [-0.39, 0.29) is 11.8 Å². The third kappa shape index (κ3) is 4.27. The number of aromatic nitrogens is 1. The van der Waals surface area contributed by atoms with Gasteiger partial charge in [0.25, 0.3) is 5.56 Å².